The molecule has 10 aromatic carbocycles. The predicted octanol–water partition coefficient (Wildman–Crippen LogP) is 11.8. The Morgan fingerprint density at radius 2 is 0.769 bits per heavy atom. The monoisotopic (exact) mass is 682 g/mol. The van der Waals surface area contributed by atoms with E-state index in [1.807, 2.05) is 6.07 Å². The topological polar surface area (TPSA) is 83.8 Å². The minimum absolute atomic E-state index is 0. The van der Waals surface area contributed by atoms with Crippen molar-refractivity contribution in [2.75, 3.05) is 0 Å². The smallest absolute Gasteiger partial charge is 0.302 e. The van der Waals surface area contributed by atoms with Gasteiger partial charge >= 0.3 is 5.97 Å². The number of ether oxygens (including phenoxy) is 1. The van der Waals surface area contributed by atoms with E-state index >= 15 is 0 Å². The fourth-order valence-corrected chi connectivity index (χ4v) is 7.85. The van der Waals surface area contributed by atoms with Crippen molar-refractivity contribution >= 4 is 98.1 Å². The molecule has 0 atom stereocenters. The number of aliphatic hydroxyl groups excluding tert-OH is 1. The molecule has 52 heavy (non-hydrogen) atoms. The summed E-state index contributed by atoms with van der Waals surface area (Å²) in [6.07, 6.45) is 0. The second kappa shape index (κ2) is 13.8. The summed E-state index contributed by atoms with van der Waals surface area (Å²) in [4.78, 5) is 20.2. The van der Waals surface area contributed by atoms with Gasteiger partial charge in [-0.1, -0.05) is 141 Å². The molecular weight excluding hydrogens is 645 g/mol. The van der Waals surface area contributed by atoms with Crippen LogP contribution in [0, 0.1) is 0 Å². The second-order valence-corrected chi connectivity index (χ2v) is 12.9. The van der Waals surface area contributed by atoms with E-state index in [0.717, 1.165) is 28.8 Å². The Morgan fingerprint density at radius 3 is 1.15 bits per heavy atom. The zero-order valence-corrected chi connectivity index (χ0v) is 28.2. The van der Waals surface area contributed by atoms with Gasteiger partial charge in [0.05, 0.1) is 6.61 Å². The predicted molar refractivity (Wildman–Crippen MR) is 217 cm³/mol. The molecular formula is C47H38O5. The van der Waals surface area contributed by atoms with Gasteiger partial charge in [0, 0.05) is 13.8 Å². The van der Waals surface area contributed by atoms with Crippen molar-refractivity contribution < 1.29 is 24.5 Å². The number of carboxylic acid groups (broad SMARTS) is 1. The van der Waals surface area contributed by atoms with Crippen LogP contribution in [0.1, 0.15) is 32.4 Å². The first-order valence-electron chi connectivity index (χ1n) is 16.9. The van der Waals surface area contributed by atoms with Crippen molar-refractivity contribution in [1.29, 1.82) is 0 Å². The lowest BCUT2D eigenvalue weighted by atomic mass is 9.88. The molecule has 256 valence electrons. The maximum atomic E-state index is 11.2. The summed E-state index contributed by atoms with van der Waals surface area (Å²) in [5, 5.41) is 37.3. The van der Waals surface area contributed by atoms with Crippen LogP contribution in [0.15, 0.2) is 133 Å². The zero-order valence-electron chi connectivity index (χ0n) is 28.2. The number of carbonyl (C=O) groups is 2. The summed E-state index contributed by atoms with van der Waals surface area (Å²) in [7, 11) is 0. The van der Waals surface area contributed by atoms with E-state index in [1.165, 1.54) is 82.3 Å². The Balaban J connectivity index is 0.000000145. The molecule has 0 aliphatic carbocycles. The van der Waals surface area contributed by atoms with Gasteiger partial charge in [-0.05, 0) is 97.3 Å². The number of hydrogen-bond donors (Lipinski definition) is 2. The van der Waals surface area contributed by atoms with Crippen LogP contribution in [-0.2, 0) is 27.5 Å². The lowest BCUT2D eigenvalue weighted by molar-refractivity contribution is -0.142. The zero-order chi connectivity index (χ0) is 35.2. The van der Waals surface area contributed by atoms with E-state index in [-0.39, 0.29) is 20.0 Å². The first kappa shape index (κ1) is 34.2. The maximum absolute atomic E-state index is 11.2. The Kier molecular flexibility index (Phi) is 9.05. The minimum atomic E-state index is -0.833. The highest BCUT2D eigenvalue weighted by molar-refractivity contribution is 6.34. The van der Waals surface area contributed by atoms with E-state index in [0.29, 0.717) is 6.61 Å². The van der Waals surface area contributed by atoms with Gasteiger partial charge in [-0.15, -0.1) is 0 Å². The molecule has 0 fully saturated rings. The molecule has 5 heteroatoms. The van der Waals surface area contributed by atoms with Gasteiger partial charge in [-0.2, -0.15) is 0 Å². The third-order valence-corrected chi connectivity index (χ3v) is 9.83. The molecule has 0 aromatic heterocycles. The van der Waals surface area contributed by atoms with Crippen LogP contribution in [0.4, 0.5) is 0 Å². The normalized spacial score (nSPS) is 11.2. The Bertz CT molecular complexity index is 2820. The molecule has 0 spiro atoms. The van der Waals surface area contributed by atoms with Gasteiger partial charge in [0.15, 0.2) is 0 Å². The number of hydrogen-bond acceptors (Lipinski definition) is 4. The highest BCUT2D eigenvalue weighted by Gasteiger charge is 2.15. The summed E-state index contributed by atoms with van der Waals surface area (Å²) >= 11 is 0. The first-order valence-corrected chi connectivity index (χ1v) is 16.9. The molecule has 10 rings (SSSR count). The van der Waals surface area contributed by atoms with E-state index < -0.39 is 5.97 Å². The summed E-state index contributed by atoms with van der Waals surface area (Å²) in [5.74, 6) is -1.09. The van der Waals surface area contributed by atoms with Crippen molar-refractivity contribution in [1.82, 2.24) is 0 Å². The molecule has 0 bridgehead atoms. The van der Waals surface area contributed by atoms with E-state index in [9.17, 15) is 9.90 Å². The highest BCUT2D eigenvalue weighted by atomic mass is 16.5. The Morgan fingerprint density at radius 1 is 0.462 bits per heavy atom. The molecule has 10 aromatic rings. The number of carbonyl (C=O) groups excluding carboxylic acids is 1. The third-order valence-electron chi connectivity index (χ3n) is 9.83. The summed E-state index contributed by atoms with van der Waals surface area (Å²) in [5.41, 5.74) is 2.04. The number of benzene rings is 10. The molecule has 0 radical (unpaired) electrons. The number of aliphatic carboxylic acids is 1. The highest BCUT2D eigenvalue weighted by Crippen LogP contribution is 2.42. The fraction of sp³-hybridized carbons (Fsp3) is 0.106. The third kappa shape index (κ3) is 5.66. The van der Waals surface area contributed by atoms with Crippen LogP contribution in [0.3, 0.4) is 0 Å². The molecule has 0 saturated heterocycles. The number of rotatable bonds is 3. The molecule has 2 N–H and O–H groups in total. The number of aliphatic hydroxyl groups is 1. The van der Waals surface area contributed by atoms with E-state index in [2.05, 4.69) is 127 Å². The quantitative estimate of drug-likeness (QED) is 0.110. The van der Waals surface area contributed by atoms with Crippen LogP contribution in [0.25, 0.3) is 86.2 Å². The van der Waals surface area contributed by atoms with Crippen molar-refractivity contribution in [2.45, 2.75) is 34.5 Å². The maximum Gasteiger partial charge on any atom is 0.302 e. The van der Waals surface area contributed by atoms with E-state index in [4.69, 9.17) is 14.6 Å². The molecule has 0 aliphatic rings. The molecule has 0 heterocycles. The van der Waals surface area contributed by atoms with Gasteiger partial charge in [0.25, 0.3) is 5.97 Å². The van der Waals surface area contributed by atoms with Crippen LogP contribution in [-0.4, -0.2) is 22.2 Å². The molecule has 5 nitrogen and oxygen atoms in total. The number of carboxylic acids is 1. The fourth-order valence-electron chi connectivity index (χ4n) is 7.85. The summed E-state index contributed by atoms with van der Waals surface area (Å²) in [6, 6.07) is 47.2. The molecule has 0 aliphatic heterocycles. The Hall–Kier alpha value is -6.30. The van der Waals surface area contributed by atoms with Crippen molar-refractivity contribution in [3.05, 3.63) is 145 Å². The average Bonchev–Trinajstić information content (AvgIpc) is 3.15. The average molecular weight is 683 g/mol. The van der Waals surface area contributed by atoms with Crippen molar-refractivity contribution in [3.8, 4) is 0 Å². The van der Waals surface area contributed by atoms with E-state index in [1.54, 1.807) is 0 Å². The molecule has 0 amide bonds. The lowest BCUT2D eigenvalue weighted by Gasteiger charge is -2.16. The van der Waals surface area contributed by atoms with Gasteiger partial charge in [0.2, 0.25) is 0 Å². The van der Waals surface area contributed by atoms with Crippen LogP contribution >= 0.6 is 0 Å². The van der Waals surface area contributed by atoms with Crippen LogP contribution in [0.2, 0.25) is 0 Å². The van der Waals surface area contributed by atoms with Crippen LogP contribution < -0.4 is 0 Å². The van der Waals surface area contributed by atoms with Crippen molar-refractivity contribution in [3.63, 3.8) is 0 Å². The largest absolute Gasteiger partial charge is 0.481 e. The first-order chi connectivity index (χ1) is 24.9. The standard InChI is InChI=1S/C23H16O2.C21H14O.C2H4O2.CH4/c1-14(24)25-13-16-11-12-21-19-9-3-6-15-5-2-8-18(22(15)19)20-10-4-7-17(16)23(20)21;22-12-14-10-11-19-17-8-2-5-13-4-1-7-16(20(13)17)18-9-3-6-15(14)21(18)19;1-2(3)4;/h2-12H,13H2,1H3;1-11,22H,12H2;1H3,(H,3,4);1H4. The second-order valence-electron chi connectivity index (χ2n) is 12.9. The lowest BCUT2D eigenvalue weighted by Crippen LogP contribution is -1.99. The SMILES string of the molecule is C.CC(=O)O.CC(=O)OCc1ccc2c3cccc4cccc(c5cccc1c52)c43.OCc1ccc2c3cccc4cccc(c5cccc1c52)c43. The van der Waals surface area contributed by atoms with Gasteiger partial charge in [-0.3, -0.25) is 9.59 Å². The molecule has 0 unspecified atom stereocenters. The summed E-state index contributed by atoms with van der Waals surface area (Å²) < 4.78 is 5.26. The number of esters is 1. The van der Waals surface area contributed by atoms with Gasteiger partial charge in [-0.25, -0.2) is 0 Å². The minimum Gasteiger partial charge on any atom is -0.481 e. The van der Waals surface area contributed by atoms with Gasteiger partial charge in [0.1, 0.15) is 6.61 Å². The van der Waals surface area contributed by atoms with Crippen molar-refractivity contribution in [2.24, 2.45) is 0 Å². The molecule has 0 saturated carbocycles. The Labute approximate surface area is 300 Å². The van der Waals surface area contributed by atoms with Gasteiger partial charge < -0.3 is 14.9 Å². The van der Waals surface area contributed by atoms with Crippen LogP contribution in [0.5, 0.6) is 0 Å². The summed E-state index contributed by atoms with van der Waals surface area (Å²) in [6.45, 7) is 2.91. The number of fused-ring (bicyclic) bond motifs is 4.